The summed E-state index contributed by atoms with van der Waals surface area (Å²) in [4.78, 5) is 0.992. The molecule has 2 N–H and O–H groups in total. The zero-order chi connectivity index (χ0) is 11.3. The van der Waals surface area contributed by atoms with Gasteiger partial charge in [0.25, 0.3) is 0 Å². The Kier molecular flexibility index (Phi) is 5.47. The van der Waals surface area contributed by atoms with Crippen molar-refractivity contribution in [1.29, 1.82) is 0 Å². The lowest BCUT2D eigenvalue weighted by Crippen LogP contribution is -2.00. The average Bonchev–Trinajstić information content (AvgIpc) is 2.18. The van der Waals surface area contributed by atoms with Gasteiger partial charge in [-0.15, -0.1) is 11.8 Å². The van der Waals surface area contributed by atoms with Crippen molar-refractivity contribution >= 4 is 23.4 Å². The molecule has 1 atom stereocenters. The maximum atomic E-state index is 9.15. The van der Waals surface area contributed by atoms with E-state index in [0.29, 0.717) is 10.3 Å². The second-order valence-corrected chi connectivity index (χ2v) is 5.27. The average molecular weight is 247 g/mol. The van der Waals surface area contributed by atoms with Crippen LogP contribution in [-0.2, 0) is 6.61 Å². The number of thioether (sulfide) groups is 1. The van der Waals surface area contributed by atoms with Crippen LogP contribution in [0.15, 0.2) is 23.1 Å². The highest BCUT2D eigenvalue weighted by atomic mass is 35.5. The lowest BCUT2D eigenvalue weighted by Gasteiger charge is -2.12. The van der Waals surface area contributed by atoms with Gasteiger partial charge < -0.3 is 10.2 Å². The van der Waals surface area contributed by atoms with Crippen LogP contribution in [0.5, 0.6) is 0 Å². The number of rotatable bonds is 5. The quantitative estimate of drug-likeness (QED) is 0.785. The Morgan fingerprint density at radius 1 is 1.40 bits per heavy atom. The molecule has 0 radical (unpaired) electrons. The first kappa shape index (κ1) is 12.8. The van der Waals surface area contributed by atoms with Crippen LogP contribution in [0.25, 0.3) is 0 Å². The van der Waals surface area contributed by atoms with Crippen molar-refractivity contribution < 1.29 is 10.2 Å². The van der Waals surface area contributed by atoms with Crippen molar-refractivity contribution in [2.75, 3.05) is 6.61 Å². The van der Waals surface area contributed by atoms with Gasteiger partial charge in [0.05, 0.1) is 6.61 Å². The summed E-state index contributed by atoms with van der Waals surface area (Å²) >= 11 is 7.52. The van der Waals surface area contributed by atoms with E-state index >= 15 is 0 Å². The van der Waals surface area contributed by atoms with Crippen LogP contribution >= 0.6 is 23.4 Å². The van der Waals surface area contributed by atoms with E-state index in [-0.39, 0.29) is 13.2 Å². The smallest absolute Gasteiger partial charge is 0.0692 e. The Bertz CT molecular complexity index is 317. The highest BCUT2D eigenvalue weighted by Crippen LogP contribution is 2.30. The summed E-state index contributed by atoms with van der Waals surface area (Å²) < 4.78 is 0. The van der Waals surface area contributed by atoms with E-state index in [2.05, 4.69) is 0 Å². The van der Waals surface area contributed by atoms with Gasteiger partial charge in [-0.25, -0.2) is 0 Å². The molecule has 1 aromatic rings. The van der Waals surface area contributed by atoms with Crippen molar-refractivity contribution in [1.82, 2.24) is 0 Å². The number of hydrogen-bond acceptors (Lipinski definition) is 3. The van der Waals surface area contributed by atoms with Crippen LogP contribution in [0.1, 0.15) is 18.9 Å². The summed E-state index contributed by atoms with van der Waals surface area (Å²) in [5.74, 6) is 0. The molecule has 0 saturated heterocycles. The minimum absolute atomic E-state index is 0.0192. The molecule has 0 saturated carbocycles. The van der Waals surface area contributed by atoms with Crippen molar-refractivity contribution in [2.24, 2.45) is 0 Å². The van der Waals surface area contributed by atoms with Gasteiger partial charge >= 0.3 is 0 Å². The fourth-order valence-corrected chi connectivity index (χ4v) is 2.60. The molecule has 0 spiro atoms. The summed E-state index contributed by atoms with van der Waals surface area (Å²) in [6.07, 6.45) is 0.738. The first-order valence-corrected chi connectivity index (χ1v) is 6.10. The van der Waals surface area contributed by atoms with Crippen LogP contribution in [-0.4, -0.2) is 22.1 Å². The zero-order valence-electron chi connectivity index (χ0n) is 8.61. The summed E-state index contributed by atoms with van der Waals surface area (Å²) in [5, 5.41) is 18.9. The molecule has 2 nitrogen and oxygen atoms in total. The van der Waals surface area contributed by atoms with Crippen LogP contribution in [0, 0.1) is 0 Å². The summed E-state index contributed by atoms with van der Waals surface area (Å²) in [6.45, 7) is 2.25. The van der Waals surface area contributed by atoms with Gasteiger partial charge in [-0.05, 0) is 24.1 Å². The number of benzene rings is 1. The van der Waals surface area contributed by atoms with E-state index < -0.39 is 0 Å². The number of hydrogen-bond donors (Lipinski definition) is 2. The minimum Gasteiger partial charge on any atom is -0.396 e. The van der Waals surface area contributed by atoms with E-state index in [9.17, 15) is 0 Å². The fraction of sp³-hybridized carbons (Fsp3) is 0.455. The van der Waals surface area contributed by atoms with Gasteiger partial charge in [-0.3, -0.25) is 0 Å². The Morgan fingerprint density at radius 2 is 2.13 bits per heavy atom. The Hall–Kier alpha value is -0.220. The van der Waals surface area contributed by atoms with Crippen molar-refractivity contribution in [3.8, 4) is 0 Å². The highest BCUT2D eigenvalue weighted by Gasteiger charge is 2.08. The van der Waals surface area contributed by atoms with Gasteiger partial charge in [0.2, 0.25) is 0 Å². The highest BCUT2D eigenvalue weighted by molar-refractivity contribution is 8.00. The predicted octanol–water partition coefficient (Wildman–Crippen LogP) is 2.70. The number of aliphatic hydroxyl groups is 2. The molecular weight excluding hydrogens is 232 g/mol. The molecular formula is C11H15ClO2S. The lowest BCUT2D eigenvalue weighted by molar-refractivity contribution is 0.279. The monoisotopic (exact) mass is 246 g/mol. The van der Waals surface area contributed by atoms with E-state index in [1.807, 2.05) is 19.1 Å². The second kappa shape index (κ2) is 6.38. The van der Waals surface area contributed by atoms with Crippen LogP contribution in [0.3, 0.4) is 0 Å². The molecule has 1 rings (SSSR count). The summed E-state index contributed by atoms with van der Waals surface area (Å²) in [5.41, 5.74) is 0.884. The molecule has 0 aliphatic rings. The maximum Gasteiger partial charge on any atom is 0.0692 e. The third kappa shape index (κ3) is 4.03. The number of halogens is 1. The molecule has 0 aromatic heterocycles. The first-order valence-electron chi connectivity index (χ1n) is 4.84. The van der Waals surface area contributed by atoms with Gasteiger partial charge in [-0.2, -0.15) is 0 Å². The van der Waals surface area contributed by atoms with Crippen LogP contribution < -0.4 is 0 Å². The molecule has 0 aliphatic carbocycles. The molecule has 4 heteroatoms. The normalized spacial score (nSPS) is 12.8. The summed E-state index contributed by atoms with van der Waals surface area (Å²) in [6, 6.07) is 5.45. The molecule has 1 unspecified atom stereocenters. The fourth-order valence-electron chi connectivity index (χ4n) is 1.23. The van der Waals surface area contributed by atoms with Gasteiger partial charge in [0.1, 0.15) is 0 Å². The molecule has 1 aromatic carbocycles. The first-order chi connectivity index (χ1) is 7.17. The largest absolute Gasteiger partial charge is 0.396 e. The van der Waals surface area contributed by atoms with E-state index in [0.717, 1.165) is 16.9 Å². The van der Waals surface area contributed by atoms with E-state index in [1.54, 1.807) is 17.8 Å². The van der Waals surface area contributed by atoms with Crippen LogP contribution in [0.2, 0.25) is 5.02 Å². The van der Waals surface area contributed by atoms with Crippen molar-refractivity contribution in [2.45, 2.75) is 30.1 Å². The second-order valence-electron chi connectivity index (χ2n) is 3.35. The standard InChI is InChI=1S/C11H15ClO2S/c1-8(4-5-13)15-11-6-10(12)3-2-9(11)7-14/h2-3,6,8,13-14H,4-5,7H2,1H3. The zero-order valence-corrected chi connectivity index (χ0v) is 10.2. The molecule has 0 bridgehead atoms. The SMILES string of the molecule is CC(CCO)Sc1cc(Cl)ccc1CO. The van der Waals surface area contributed by atoms with Crippen molar-refractivity contribution in [3.05, 3.63) is 28.8 Å². The van der Waals surface area contributed by atoms with Gasteiger partial charge in [0, 0.05) is 21.8 Å². The molecule has 84 valence electrons. The topological polar surface area (TPSA) is 40.5 Å². The molecule has 0 heterocycles. The molecule has 0 amide bonds. The molecule has 0 fully saturated rings. The van der Waals surface area contributed by atoms with Gasteiger partial charge in [0.15, 0.2) is 0 Å². The minimum atomic E-state index is 0.0192. The Morgan fingerprint density at radius 3 is 2.73 bits per heavy atom. The van der Waals surface area contributed by atoms with Crippen LogP contribution in [0.4, 0.5) is 0 Å². The van der Waals surface area contributed by atoms with E-state index in [4.69, 9.17) is 21.8 Å². The lowest BCUT2D eigenvalue weighted by atomic mass is 10.2. The van der Waals surface area contributed by atoms with Gasteiger partial charge in [-0.1, -0.05) is 24.6 Å². The third-order valence-electron chi connectivity index (χ3n) is 2.06. The maximum absolute atomic E-state index is 9.15. The third-order valence-corrected chi connectivity index (χ3v) is 3.57. The van der Waals surface area contributed by atoms with Crippen molar-refractivity contribution in [3.63, 3.8) is 0 Å². The number of aliphatic hydroxyl groups excluding tert-OH is 2. The van der Waals surface area contributed by atoms with E-state index in [1.165, 1.54) is 0 Å². The Balaban J connectivity index is 2.77. The molecule has 15 heavy (non-hydrogen) atoms. The molecule has 0 aliphatic heterocycles. The predicted molar refractivity (Wildman–Crippen MR) is 64.4 cm³/mol. The Labute approximate surface area is 99.3 Å². The summed E-state index contributed by atoms with van der Waals surface area (Å²) in [7, 11) is 0.